The molecule has 5 nitrogen and oxygen atoms in total. The van der Waals surface area contributed by atoms with Crippen LogP contribution in [0.5, 0.6) is 0 Å². The van der Waals surface area contributed by atoms with Crippen LogP contribution in [-0.2, 0) is 16.1 Å². The number of nitrogens with one attached hydrogen (secondary N) is 1. The molecule has 1 fully saturated rings. The van der Waals surface area contributed by atoms with E-state index in [0.717, 1.165) is 40.8 Å². The molecule has 2 aromatic carbocycles. The third-order valence-electron chi connectivity index (χ3n) is 5.30. The number of hydrogen-bond acceptors (Lipinski definition) is 4. The Bertz CT molecular complexity index is 914. The van der Waals surface area contributed by atoms with Crippen molar-refractivity contribution in [2.24, 2.45) is 0 Å². The summed E-state index contributed by atoms with van der Waals surface area (Å²) >= 11 is 7.60. The molecule has 1 atom stereocenters. The molecule has 2 heterocycles. The first-order valence-corrected chi connectivity index (χ1v) is 10.5. The van der Waals surface area contributed by atoms with Crippen LogP contribution in [0.2, 0.25) is 5.02 Å². The Labute approximate surface area is 174 Å². The summed E-state index contributed by atoms with van der Waals surface area (Å²) in [6.45, 7) is 5.22. The molecule has 4 rings (SSSR count). The van der Waals surface area contributed by atoms with Gasteiger partial charge in [-0.15, -0.1) is 0 Å². The molecule has 2 aliphatic rings. The number of hydrogen-bond donors (Lipinski definition) is 1. The molecular formula is C21H22ClN3O2S. The van der Waals surface area contributed by atoms with Crippen molar-refractivity contribution in [2.75, 3.05) is 31.5 Å². The zero-order chi connectivity index (χ0) is 19.7. The predicted molar refractivity (Wildman–Crippen MR) is 113 cm³/mol. The zero-order valence-electron chi connectivity index (χ0n) is 15.7. The fraction of sp³-hybridized carbons (Fsp3) is 0.333. The van der Waals surface area contributed by atoms with Crippen LogP contribution in [0.15, 0.2) is 53.4 Å². The summed E-state index contributed by atoms with van der Waals surface area (Å²) in [6, 6.07) is 15.4. The van der Waals surface area contributed by atoms with Crippen LogP contribution in [0, 0.1) is 0 Å². The van der Waals surface area contributed by atoms with Gasteiger partial charge in [-0.05, 0) is 30.7 Å². The number of rotatable bonds is 3. The molecule has 146 valence electrons. The molecule has 0 bridgehead atoms. The average Bonchev–Trinajstić information content (AvgIpc) is 2.70. The molecule has 1 saturated heterocycles. The van der Waals surface area contributed by atoms with Crippen LogP contribution in [0.25, 0.3) is 0 Å². The van der Waals surface area contributed by atoms with Crippen LogP contribution >= 0.6 is 23.4 Å². The third-order valence-corrected chi connectivity index (χ3v) is 7.01. The first-order valence-electron chi connectivity index (χ1n) is 9.32. The quantitative estimate of drug-likeness (QED) is 0.780. The molecule has 2 aliphatic heterocycles. The van der Waals surface area contributed by atoms with Crippen molar-refractivity contribution in [2.45, 2.75) is 23.1 Å². The summed E-state index contributed by atoms with van der Waals surface area (Å²) < 4.78 is -1.14. The summed E-state index contributed by atoms with van der Waals surface area (Å²) in [5.74, 6) is -0.374. The van der Waals surface area contributed by atoms with Gasteiger partial charge in [0.1, 0.15) is 0 Å². The summed E-state index contributed by atoms with van der Waals surface area (Å²) in [6.07, 6.45) is 0. The lowest BCUT2D eigenvalue weighted by atomic mass is 10.1. The number of nitrogens with zero attached hydrogens (tertiary/aromatic N) is 2. The standard InChI is InChI=1S/C21H22ClN3O2S/c1-21(19(26)23-17-8-4-5-9-18(17)28-21)20(27)25-12-10-24(11-13-25)14-15-6-2-3-7-16(15)22/h2-9H,10-14H2,1H3,(H,23,26). The van der Waals surface area contributed by atoms with E-state index >= 15 is 0 Å². The first kappa shape index (κ1) is 19.3. The maximum atomic E-state index is 13.2. The Hall–Kier alpha value is -2.02. The molecule has 28 heavy (non-hydrogen) atoms. The number of benzene rings is 2. The lowest BCUT2D eigenvalue weighted by Gasteiger charge is -2.40. The zero-order valence-corrected chi connectivity index (χ0v) is 17.2. The smallest absolute Gasteiger partial charge is 0.250 e. The lowest BCUT2D eigenvalue weighted by Crippen LogP contribution is -2.58. The molecule has 0 aromatic heterocycles. The monoisotopic (exact) mass is 415 g/mol. The molecule has 7 heteroatoms. The Morgan fingerprint density at radius 1 is 1.11 bits per heavy atom. The molecule has 0 spiro atoms. The van der Waals surface area contributed by atoms with Gasteiger partial charge in [0.25, 0.3) is 0 Å². The van der Waals surface area contributed by atoms with Gasteiger partial charge in [0.2, 0.25) is 11.8 Å². The van der Waals surface area contributed by atoms with Gasteiger partial charge in [0.05, 0.1) is 5.69 Å². The van der Waals surface area contributed by atoms with E-state index in [2.05, 4.69) is 10.2 Å². The van der Waals surface area contributed by atoms with Crippen molar-refractivity contribution in [3.05, 3.63) is 59.1 Å². The molecule has 1 unspecified atom stereocenters. The highest BCUT2D eigenvalue weighted by Crippen LogP contribution is 2.43. The van der Waals surface area contributed by atoms with Crippen LogP contribution in [0.3, 0.4) is 0 Å². The molecule has 2 aromatic rings. The highest BCUT2D eigenvalue weighted by atomic mass is 35.5. The van der Waals surface area contributed by atoms with Crippen LogP contribution in [-0.4, -0.2) is 52.5 Å². The number of para-hydroxylation sites is 1. The molecule has 2 amide bonds. The van der Waals surface area contributed by atoms with Crippen LogP contribution < -0.4 is 5.32 Å². The van der Waals surface area contributed by atoms with Gasteiger partial charge in [-0.2, -0.15) is 0 Å². The van der Waals surface area contributed by atoms with Crippen LogP contribution in [0.1, 0.15) is 12.5 Å². The number of carbonyl (C=O) groups excluding carboxylic acids is 2. The number of anilines is 1. The van der Waals surface area contributed by atoms with Crippen LogP contribution in [0.4, 0.5) is 5.69 Å². The number of fused-ring (bicyclic) bond motifs is 1. The summed E-state index contributed by atoms with van der Waals surface area (Å²) in [5, 5.41) is 3.65. The van der Waals surface area contributed by atoms with Crippen molar-refractivity contribution < 1.29 is 9.59 Å². The van der Waals surface area contributed by atoms with Gasteiger partial charge < -0.3 is 10.2 Å². The maximum Gasteiger partial charge on any atom is 0.250 e. The molecule has 0 radical (unpaired) electrons. The van der Waals surface area contributed by atoms with Gasteiger partial charge in [-0.3, -0.25) is 14.5 Å². The summed E-state index contributed by atoms with van der Waals surface area (Å²) in [5.41, 5.74) is 1.86. The van der Waals surface area contributed by atoms with E-state index in [-0.39, 0.29) is 11.8 Å². The lowest BCUT2D eigenvalue weighted by molar-refractivity contribution is -0.139. The Morgan fingerprint density at radius 3 is 2.54 bits per heavy atom. The van der Waals surface area contributed by atoms with Crippen molar-refractivity contribution >= 4 is 40.9 Å². The largest absolute Gasteiger partial charge is 0.338 e. The van der Waals surface area contributed by atoms with Gasteiger partial charge in [-0.25, -0.2) is 0 Å². The minimum absolute atomic E-state index is 0.123. The normalized spacial score (nSPS) is 22.5. The molecule has 1 N–H and O–H groups in total. The Kier molecular flexibility index (Phi) is 5.36. The number of thioether (sulfide) groups is 1. The van der Waals surface area contributed by atoms with Gasteiger partial charge in [0.15, 0.2) is 4.75 Å². The maximum absolute atomic E-state index is 13.2. The second-order valence-electron chi connectivity index (χ2n) is 7.25. The van der Waals surface area contributed by atoms with Gasteiger partial charge in [-0.1, -0.05) is 53.7 Å². The van der Waals surface area contributed by atoms with E-state index in [9.17, 15) is 9.59 Å². The highest BCUT2D eigenvalue weighted by Gasteiger charge is 2.48. The number of amides is 2. The summed E-state index contributed by atoms with van der Waals surface area (Å²) in [7, 11) is 0. The summed E-state index contributed by atoms with van der Waals surface area (Å²) in [4.78, 5) is 30.9. The highest BCUT2D eigenvalue weighted by molar-refractivity contribution is 8.02. The average molecular weight is 416 g/mol. The van der Waals surface area contributed by atoms with E-state index in [4.69, 9.17) is 11.6 Å². The van der Waals surface area contributed by atoms with E-state index in [0.29, 0.717) is 13.1 Å². The minimum atomic E-state index is -1.14. The second kappa shape index (κ2) is 7.78. The second-order valence-corrected chi connectivity index (χ2v) is 9.11. The minimum Gasteiger partial charge on any atom is -0.338 e. The third kappa shape index (κ3) is 3.64. The van der Waals surface area contributed by atoms with Gasteiger partial charge >= 0.3 is 0 Å². The van der Waals surface area contributed by atoms with E-state index < -0.39 is 4.75 Å². The molecule has 0 saturated carbocycles. The molecule has 0 aliphatic carbocycles. The van der Waals surface area contributed by atoms with Crippen molar-refractivity contribution in [1.29, 1.82) is 0 Å². The van der Waals surface area contributed by atoms with E-state index in [1.165, 1.54) is 11.8 Å². The number of halogens is 1. The number of piperazine rings is 1. The molecular weight excluding hydrogens is 394 g/mol. The van der Waals surface area contributed by atoms with Crippen molar-refractivity contribution in [3.8, 4) is 0 Å². The predicted octanol–water partition coefficient (Wildman–Crippen LogP) is 3.49. The van der Waals surface area contributed by atoms with E-state index in [1.54, 1.807) is 6.92 Å². The fourth-order valence-corrected chi connectivity index (χ4v) is 4.96. The van der Waals surface area contributed by atoms with Crippen molar-refractivity contribution in [1.82, 2.24) is 9.80 Å². The van der Waals surface area contributed by atoms with Gasteiger partial charge in [0, 0.05) is 42.6 Å². The number of carbonyl (C=O) groups is 2. The Balaban J connectivity index is 1.41. The SMILES string of the molecule is CC1(C(=O)N2CCN(Cc3ccccc3Cl)CC2)Sc2ccccc2NC1=O. The first-order chi connectivity index (χ1) is 13.5. The topological polar surface area (TPSA) is 52.7 Å². The van der Waals surface area contributed by atoms with Crippen molar-refractivity contribution in [3.63, 3.8) is 0 Å². The fourth-order valence-electron chi connectivity index (χ4n) is 3.59. The van der Waals surface area contributed by atoms with E-state index in [1.807, 2.05) is 53.4 Å². The Morgan fingerprint density at radius 2 is 1.79 bits per heavy atom.